The number of anilines is 2. The largest absolute Gasteiger partial charge is 0.493 e. The first-order valence-corrected chi connectivity index (χ1v) is 15.3. The third-order valence-electron chi connectivity index (χ3n) is 6.26. The Kier molecular flexibility index (Phi) is 8.88. The van der Waals surface area contributed by atoms with Gasteiger partial charge in [-0.2, -0.15) is 4.31 Å². The highest BCUT2D eigenvalue weighted by Crippen LogP contribution is 2.33. The van der Waals surface area contributed by atoms with Crippen LogP contribution in [0.3, 0.4) is 0 Å². The van der Waals surface area contributed by atoms with Crippen LogP contribution in [-0.4, -0.2) is 60.9 Å². The molecular formula is C26H27ClFN3O7S2. The Bertz CT molecular complexity index is 1610. The van der Waals surface area contributed by atoms with Crippen LogP contribution in [0.25, 0.3) is 0 Å². The van der Waals surface area contributed by atoms with E-state index in [2.05, 4.69) is 5.32 Å². The van der Waals surface area contributed by atoms with E-state index in [1.54, 1.807) is 0 Å². The lowest BCUT2D eigenvalue weighted by atomic mass is 10.3. The summed E-state index contributed by atoms with van der Waals surface area (Å²) in [5, 5.41) is 2.24. The second kappa shape index (κ2) is 12.0. The molecule has 0 aliphatic carbocycles. The lowest BCUT2D eigenvalue weighted by molar-refractivity contribution is -0.114. The minimum absolute atomic E-state index is 0.0524. The molecule has 0 saturated carbocycles. The number of sulfonamides is 2. The maximum absolute atomic E-state index is 13.9. The van der Waals surface area contributed by atoms with Crippen LogP contribution in [0.2, 0.25) is 5.02 Å². The predicted molar refractivity (Wildman–Crippen MR) is 149 cm³/mol. The summed E-state index contributed by atoms with van der Waals surface area (Å²) < 4.78 is 79.4. The molecule has 0 bridgehead atoms. The highest BCUT2D eigenvalue weighted by atomic mass is 35.5. The van der Waals surface area contributed by atoms with E-state index in [0.717, 1.165) is 29.3 Å². The fourth-order valence-corrected chi connectivity index (χ4v) is 7.30. The van der Waals surface area contributed by atoms with E-state index in [0.29, 0.717) is 18.8 Å². The van der Waals surface area contributed by atoms with Gasteiger partial charge in [0.05, 0.1) is 34.7 Å². The van der Waals surface area contributed by atoms with Crippen molar-refractivity contribution in [3.05, 3.63) is 71.5 Å². The van der Waals surface area contributed by atoms with E-state index in [1.807, 2.05) is 0 Å². The molecule has 1 saturated heterocycles. The van der Waals surface area contributed by atoms with Crippen molar-refractivity contribution in [3.63, 3.8) is 0 Å². The first kappa shape index (κ1) is 29.6. The van der Waals surface area contributed by atoms with Gasteiger partial charge in [0.1, 0.15) is 12.4 Å². The first-order valence-electron chi connectivity index (χ1n) is 12.1. The maximum Gasteiger partial charge on any atom is 0.264 e. The predicted octanol–water partition coefficient (Wildman–Crippen LogP) is 4.11. The first-order chi connectivity index (χ1) is 19.0. The lowest BCUT2D eigenvalue weighted by Gasteiger charge is -2.25. The number of hydrogen-bond acceptors (Lipinski definition) is 7. The smallest absolute Gasteiger partial charge is 0.264 e. The standard InChI is InChI=1S/C26H27ClFN3O7S2/c1-37-24-12-10-21(16-25(24)38-2)40(35,36)31(19-7-11-23(28)22(27)15-19)17-26(32)29-18-5-8-20(9-6-18)39(33,34)30-13-3-4-14-30/h5-12,15-16H,3-4,13-14,17H2,1-2H3,(H,29,32). The number of amides is 1. The van der Waals surface area contributed by atoms with Crippen molar-refractivity contribution in [1.82, 2.24) is 4.31 Å². The maximum atomic E-state index is 13.9. The number of methoxy groups -OCH3 is 2. The van der Waals surface area contributed by atoms with Crippen molar-refractivity contribution in [2.75, 3.05) is 43.5 Å². The summed E-state index contributed by atoms with van der Waals surface area (Å²) in [5.74, 6) is -1.05. The van der Waals surface area contributed by atoms with Crippen LogP contribution in [0.4, 0.5) is 15.8 Å². The zero-order valence-corrected chi connectivity index (χ0v) is 24.0. The van der Waals surface area contributed by atoms with Crippen LogP contribution in [0.5, 0.6) is 11.5 Å². The van der Waals surface area contributed by atoms with E-state index in [9.17, 15) is 26.0 Å². The number of nitrogens with one attached hydrogen (secondary N) is 1. The Hall–Kier alpha value is -3.39. The molecule has 0 radical (unpaired) electrons. The number of benzene rings is 3. The highest BCUT2D eigenvalue weighted by molar-refractivity contribution is 7.92. The summed E-state index contributed by atoms with van der Waals surface area (Å²) in [6.07, 6.45) is 1.60. The van der Waals surface area contributed by atoms with E-state index in [1.165, 1.54) is 67.1 Å². The van der Waals surface area contributed by atoms with Gasteiger partial charge in [-0.3, -0.25) is 9.10 Å². The van der Waals surface area contributed by atoms with Crippen molar-refractivity contribution in [3.8, 4) is 11.5 Å². The second-order valence-corrected chi connectivity index (χ2v) is 13.0. The topological polar surface area (TPSA) is 122 Å². The number of ether oxygens (including phenoxy) is 2. The molecule has 1 aliphatic rings. The Balaban J connectivity index is 1.61. The van der Waals surface area contributed by atoms with Gasteiger partial charge in [-0.25, -0.2) is 21.2 Å². The average Bonchev–Trinajstić information content (AvgIpc) is 3.49. The molecule has 3 aromatic rings. The van der Waals surface area contributed by atoms with Gasteiger partial charge in [-0.05, 0) is 67.4 Å². The number of carbonyl (C=O) groups excluding carboxylic acids is 1. The number of nitrogens with zero attached hydrogens (tertiary/aromatic N) is 2. The molecule has 0 unspecified atom stereocenters. The highest BCUT2D eigenvalue weighted by Gasteiger charge is 2.30. The molecule has 0 atom stereocenters. The zero-order chi connectivity index (χ0) is 29.1. The van der Waals surface area contributed by atoms with Crippen molar-refractivity contribution < 1.29 is 35.5 Å². The zero-order valence-electron chi connectivity index (χ0n) is 21.6. The van der Waals surface area contributed by atoms with Crippen molar-refractivity contribution in [1.29, 1.82) is 0 Å². The molecule has 1 heterocycles. The third kappa shape index (κ3) is 6.17. The molecular weight excluding hydrogens is 585 g/mol. The lowest BCUT2D eigenvalue weighted by Crippen LogP contribution is -2.38. The molecule has 1 amide bonds. The summed E-state index contributed by atoms with van der Waals surface area (Å²) >= 11 is 5.92. The average molecular weight is 612 g/mol. The van der Waals surface area contributed by atoms with Crippen molar-refractivity contribution in [2.24, 2.45) is 0 Å². The molecule has 40 heavy (non-hydrogen) atoms. The quantitative estimate of drug-likeness (QED) is 0.366. The summed E-state index contributed by atoms with van der Waals surface area (Å²) in [5.41, 5.74) is 0.203. The Morgan fingerprint density at radius 2 is 1.55 bits per heavy atom. The Labute approximate surface area is 237 Å². The molecule has 3 aromatic carbocycles. The third-order valence-corrected chi connectivity index (χ3v) is 10.2. The second-order valence-electron chi connectivity index (χ2n) is 8.81. The molecule has 4 rings (SSSR count). The summed E-state index contributed by atoms with van der Waals surface area (Å²) in [7, 11) is -5.28. The molecule has 0 aromatic heterocycles. The van der Waals surface area contributed by atoms with Gasteiger partial charge >= 0.3 is 0 Å². The van der Waals surface area contributed by atoms with Gasteiger partial charge in [-0.15, -0.1) is 0 Å². The molecule has 10 nitrogen and oxygen atoms in total. The van der Waals surface area contributed by atoms with Crippen LogP contribution in [-0.2, 0) is 24.8 Å². The van der Waals surface area contributed by atoms with E-state index >= 15 is 0 Å². The SMILES string of the molecule is COc1ccc(S(=O)(=O)N(CC(=O)Nc2ccc(S(=O)(=O)N3CCCC3)cc2)c2ccc(F)c(Cl)c2)cc1OC. The fourth-order valence-electron chi connectivity index (χ4n) is 4.18. The van der Waals surface area contributed by atoms with E-state index in [-0.39, 0.29) is 31.9 Å². The van der Waals surface area contributed by atoms with E-state index in [4.69, 9.17) is 21.1 Å². The summed E-state index contributed by atoms with van der Waals surface area (Å²) in [4.78, 5) is 12.9. The summed E-state index contributed by atoms with van der Waals surface area (Å²) in [6.45, 7) is 0.212. The monoisotopic (exact) mass is 611 g/mol. The number of hydrogen-bond donors (Lipinski definition) is 1. The summed E-state index contributed by atoms with van der Waals surface area (Å²) in [6, 6.07) is 12.8. The van der Waals surface area contributed by atoms with Crippen molar-refractivity contribution in [2.45, 2.75) is 22.6 Å². The minimum atomic E-state index is -4.39. The van der Waals surface area contributed by atoms with Gasteiger partial charge in [0.25, 0.3) is 10.0 Å². The number of halogens is 2. The van der Waals surface area contributed by atoms with Gasteiger partial charge in [0.15, 0.2) is 11.5 Å². The Morgan fingerprint density at radius 1 is 0.925 bits per heavy atom. The van der Waals surface area contributed by atoms with Gasteiger partial charge in [0.2, 0.25) is 15.9 Å². The normalized spacial score (nSPS) is 14.1. The number of carbonyl (C=O) groups is 1. The molecule has 0 spiro atoms. The Morgan fingerprint density at radius 3 is 2.15 bits per heavy atom. The van der Waals surface area contributed by atoms with Gasteiger partial charge in [0, 0.05) is 24.8 Å². The molecule has 14 heteroatoms. The molecule has 214 valence electrons. The molecule has 1 fully saturated rings. The molecule has 1 aliphatic heterocycles. The molecule has 1 N–H and O–H groups in total. The van der Waals surface area contributed by atoms with Gasteiger partial charge < -0.3 is 14.8 Å². The van der Waals surface area contributed by atoms with Crippen LogP contribution in [0.1, 0.15) is 12.8 Å². The minimum Gasteiger partial charge on any atom is -0.493 e. The van der Waals surface area contributed by atoms with Crippen LogP contribution in [0, 0.1) is 5.82 Å². The van der Waals surface area contributed by atoms with Crippen molar-refractivity contribution >= 4 is 48.9 Å². The van der Waals surface area contributed by atoms with Crippen LogP contribution >= 0.6 is 11.6 Å². The van der Waals surface area contributed by atoms with Crippen LogP contribution in [0.15, 0.2) is 70.5 Å². The van der Waals surface area contributed by atoms with E-state index < -0.39 is 38.3 Å². The van der Waals surface area contributed by atoms with Gasteiger partial charge in [-0.1, -0.05) is 11.6 Å². The fraction of sp³-hybridized carbons (Fsp3) is 0.269. The van der Waals surface area contributed by atoms with Crippen LogP contribution < -0.4 is 19.1 Å². The number of rotatable bonds is 10.